The molecule has 2 N–H and O–H groups in total. The van der Waals surface area contributed by atoms with Gasteiger partial charge in [0.1, 0.15) is 0 Å². The minimum absolute atomic E-state index is 0.0449. The van der Waals surface area contributed by atoms with Crippen LogP contribution in [-0.2, 0) is 13.2 Å². The van der Waals surface area contributed by atoms with Crippen LogP contribution in [0.4, 0.5) is 10.1 Å². The maximum Gasteiger partial charge on any atom is 0.214 e. The molecular weight excluding hydrogens is 219 g/mol. The molecule has 0 aliphatic heterocycles. The van der Waals surface area contributed by atoms with Gasteiger partial charge in [-0.15, -0.1) is 0 Å². The van der Waals surface area contributed by atoms with Crippen LogP contribution in [0.2, 0.25) is 0 Å². The van der Waals surface area contributed by atoms with Crippen LogP contribution in [0.15, 0.2) is 42.6 Å². The third kappa shape index (κ3) is 3.26. The lowest BCUT2D eigenvalue weighted by Crippen LogP contribution is -2.00. The molecule has 0 aliphatic carbocycles. The Morgan fingerprint density at radius 3 is 2.47 bits per heavy atom. The molecule has 0 amide bonds. The minimum atomic E-state index is -0.495. The molecule has 0 spiro atoms. The average Bonchev–Trinajstić information content (AvgIpc) is 2.37. The van der Waals surface area contributed by atoms with Crippen LogP contribution >= 0.6 is 0 Å². The Hall–Kier alpha value is -1.94. The van der Waals surface area contributed by atoms with Crippen molar-refractivity contribution in [2.75, 3.05) is 5.32 Å². The molecule has 1 heterocycles. The number of aliphatic hydroxyl groups excluding tert-OH is 1. The Kier molecular flexibility index (Phi) is 3.67. The number of benzene rings is 1. The first-order chi connectivity index (χ1) is 8.28. The molecule has 2 rings (SSSR count). The number of aliphatic hydroxyl groups is 1. The van der Waals surface area contributed by atoms with Gasteiger partial charge in [0.15, 0.2) is 0 Å². The summed E-state index contributed by atoms with van der Waals surface area (Å²) < 4.78 is 12.8. The molecule has 0 unspecified atom stereocenters. The number of aromatic nitrogens is 1. The monoisotopic (exact) mass is 232 g/mol. The van der Waals surface area contributed by atoms with Gasteiger partial charge in [-0.05, 0) is 17.2 Å². The molecule has 0 radical (unpaired) electrons. The van der Waals surface area contributed by atoms with Gasteiger partial charge in [-0.3, -0.25) is 0 Å². The first kappa shape index (κ1) is 11.5. The fourth-order valence-electron chi connectivity index (χ4n) is 1.48. The fraction of sp³-hybridized carbons (Fsp3) is 0.154. The van der Waals surface area contributed by atoms with Gasteiger partial charge < -0.3 is 10.4 Å². The number of rotatable bonds is 4. The SMILES string of the molecule is OCc1ccc(CNc2ccnc(F)c2)cc1. The van der Waals surface area contributed by atoms with E-state index in [0.29, 0.717) is 12.2 Å². The van der Waals surface area contributed by atoms with Crippen LogP contribution < -0.4 is 5.32 Å². The molecule has 0 saturated heterocycles. The van der Waals surface area contributed by atoms with Gasteiger partial charge in [0.05, 0.1) is 6.61 Å². The molecule has 0 fully saturated rings. The Labute approximate surface area is 98.9 Å². The van der Waals surface area contributed by atoms with Gasteiger partial charge in [0.25, 0.3) is 0 Å². The first-order valence-corrected chi connectivity index (χ1v) is 5.32. The van der Waals surface area contributed by atoms with E-state index < -0.39 is 5.95 Å². The number of nitrogens with one attached hydrogen (secondary N) is 1. The molecule has 0 bridgehead atoms. The average molecular weight is 232 g/mol. The lowest BCUT2D eigenvalue weighted by Gasteiger charge is -2.06. The first-order valence-electron chi connectivity index (χ1n) is 5.32. The van der Waals surface area contributed by atoms with Gasteiger partial charge in [0.2, 0.25) is 5.95 Å². The molecule has 2 aromatic rings. The predicted octanol–water partition coefficient (Wildman–Crippen LogP) is 2.33. The summed E-state index contributed by atoms with van der Waals surface area (Å²) >= 11 is 0. The molecule has 0 saturated carbocycles. The summed E-state index contributed by atoms with van der Waals surface area (Å²) in [5, 5.41) is 12.0. The van der Waals surface area contributed by atoms with Crippen LogP contribution in [0.25, 0.3) is 0 Å². The highest BCUT2D eigenvalue weighted by atomic mass is 19.1. The summed E-state index contributed by atoms with van der Waals surface area (Å²) in [6, 6.07) is 10.6. The summed E-state index contributed by atoms with van der Waals surface area (Å²) in [5.74, 6) is -0.495. The number of hydrogen-bond donors (Lipinski definition) is 2. The third-order valence-corrected chi connectivity index (χ3v) is 2.43. The lowest BCUT2D eigenvalue weighted by atomic mass is 10.1. The topological polar surface area (TPSA) is 45.1 Å². The van der Waals surface area contributed by atoms with Crippen LogP contribution in [-0.4, -0.2) is 10.1 Å². The summed E-state index contributed by atoms with van der Waals surface area (Å²) in [4.78, 5) is 3.48. The Morgan fingerprint density at radius 1 is 1.12 bits per heavy atom. The van der Waals surface area contributed by atoms with Crippen molar-refractivity contribution in [2.45, 2.75) is 13.2 Å². The van der Waals surface area contributed by atoms with Gasteiger partial charge in [-0.2, -0.15) is 4.39 Å². The normalized spacial score (nSPS) is 10.2. The second kappa shape index (κ2) is 5.41. The summed E-state index contributed by atoms with van der Waals surface area (Å²) in [6.07, 6.45) is 1.42. The number of halogens is 1. The van der Waals surface area contributed by atoms with E-state index in [1.807, 2.05) is 24.3 Å². The summed E-state index contributed by atoms with van der Waals surface area (Å²) in [7, 11) is 0. The summed E-state index contributed by atoms with van der Waals surface area (Å²) in [5.41, 5.74) is 2.65. The Balaban J connectivity index is 1.97. The molecule has 17 heavy (non-hydrogen) atoms. The van der Waals surface area contributed by atoms with Crippen molar-refractivity contribution >= 4 is 5.69 Å². The zero-order valence-corrected chi connectivity index (χ0v) is 9.23. The quantitative estimate of drug-likeness (QED) is 0.795. The van der Waals surface area contributed by atoms with Crippen molar-refractivity contribution in [2.24, 2.45) is 0 Å². The Morgan fingerprint density at radius 2 is 1.82 bits per heavy atom. The van der Waals surface area contributed by atoms with Crippen molar-refractivity contribution in [3.8, 4) is 0 Å². The van der Waals surface area contributed by atoms with E-state index in [1.54, 1.807) is 6.07 Å². The molecule has 88 valence electrons. The van der Waals surface area contributed by atoms with Crippen molar-refractivity contribution in [3.63, 3.8) is 0 Å². The highest BCUT2D eigenvalue weighted by Crippen LogP contribution is 2.10. The zero-order chi connectivity index (χ0) is 12.1. The van der Waals surface area contributed by atoms with Crippen molar-refractivity contribution < 1.29 is 9.50 Å². The van der Waals surface area contributed by atoms with Gasteiger partial charge in [-0.25, -0.2) is 4.98 Å². The van der Waals surface area contributed by atoms with Crippen molar-refractivity contribution in [3.05, 3.63) is 59.7 Å². The summed E-state index contributed by atoms with van der Waals surface area (Å²) in [6.45, 7) is 0.651. The number of nitrogens with zero attached hydrogens (tertiary/aromatic N) is 1. The van der Waals surface area contributed by atoms with Crippen LogP contribution in [0, 0.1) is 5.95 Å². The molecular formula is C13H13FN2O. The van der Waals surface area contributed by atoms with Crippen LogP contribution in [0.3, 0.4) is 0 Å². The standard InChI is InChI=1S/C13H13FN2O/c14-13-7-12(5-6-15-13)16-8-10-1-3-11(9-17)4-2-10/h1-7,17H,8-9H2,(H,15,16). The smallest absolute Gasteiger partial charge is 0.214 e. The molecule has 0 atom stereocenters. The number of pyridine rings is 1. The second-order valence-corrected chi connectivity index (χ2v) is 3.70. The molecule has 1 aromatic heterocycles. The van der Waals surface area contributed by atoms with E-state index in [2.05, 4.69) is 10.3 Å². The third-order valence-electron chi connectivity index (χ3n) is 2.43. The largest absolute Gasteiger partial charge is 0.392 e. The van der Waals surface area contributed by atoms with Crippen LogP contribution in [0.1, 0.15) is 11.1 Å². The van der Waals surface area contributed by atoms with Gasteiger partial charge in [-0.1, -0.05) is 24.3 Å². The highest BCUT2D eigenvalue weighted by Gasteiger charge is 1.97. The lowest BCUT2D eigenvalue weighted by molar-refractivity contribution is 0.282. The second-order valence-electron chi connectivity index (χ2n) is 3.70. The van der Waals surface area contributed by atoms with Crippen LogP contribution in [0.5, 0.6) is 0 Å². The fourth-order valence-corrected chi connectivity index (χ4v) is 1.48. The predicted molar refractivity (Wildman–Crippen MR) is 63.9 cm³/mol. The van der Waals surface area contributed by atoms with E-state index in [4.69, 9.17) is 5.11 Å². The number of anilines is 1. The van der Waals surface area contributed by atoms with E-state index >= 15 is 0 Å². The van der Waals surface area contributed by atoms with E-state index in [0.717, 1.165) is 11.1 Å². The van der Waals surface area contributed by atoms with Gasteiger partial charge in [0, 0.05) is 24.5 Å². The molecule has 3 nitrogen and oxygen atoms in total. The molecule has 0 aliphatic rings. The Bertz CT molecular complexity index is 485. The van der Waals surface area contributed by atoms with E-state index in [1.165, 1.54) is 12.3 Å². The van der Waals surface area contributed by atoms with Crippen molar-refractivity contribution in [1.82, 2.24) is 4.98 Å². The molecule has 4 heteroatoms. The van der Waals surface area contributed by atoms with Crippen molar-refractivity contribution in [1.29, 1.82) is 0 Å². The highest BCUT2D eigenvalue weighted by molar-refractivity contribution is 5.42. The number of hydrogen-bond acceptors (Lipinski definition) is 3. The maximum absolute atomic E-state index is 12.8. The van der Waals surface area contributed by atoms with E-state index in [-0.39, 0.29) is 6.61 Å². The molecule has 1 aromatic carbocycles. The van der Waals surface area contributed by atoms with E-state index in [9.17, 15) is 4.39 Å². The van der Waals surface area contributed by atoms with Gasteiger partial charge >= 0.3 is 0 Å². The maximum atomic E-state index is 12.8. The zero-order valence-electron chi connectivity index (χ0n) is 9.23. The minimum Gasteiger partial charge on any atom is -0.392 e.